The van der Waals surface area contributed by atoms with Crippen molar-refractivity contribution in [1.29, 1.82) is 0 Å². The van der Waals surface area contributed by atoms with Crippen molar-refractivity contribution >= 4 is 39.1 Å². The smallest absolute Gasteiger partial charge is 0.175 e. The summed E-state index contributed by atoms with van der Waals surface area (Å²) in [4.78, 5) is 24.8. The van der Waals surface area contributed by atoms with Crippen molar-refractivity contribution in [2.45, 2.75) is 56.7 Å². The van der Waals surface area contributed by atoms with Crippen LogP contribution in [0.2, 0.25) is 0 Å². The second-order valence-electron chi connectivity index (χ2n) is 6.96. The molecular formula is C21H22N2OS2. The number of benzene rings is 1. The monoisotopic (exact) mass is 382 g/mol. The third-order valence-corrected chi connectivity index (χ3v) is 7.16. The van der Waals surface area contributed by atoms with Gasteiger partial charge in [-0.05, 0) is 52.0 Å². The van der Waals surface area contributed by atoms with Crippen LogP contribution >= 0.6 is 23.1 Å². The molecule has 134 valence electrons. The van der Waals surface area contributed by atoms with E-state index in [0.29, 0.717) is 0 Å². The zero-order chi connectivity index (χ0) is 18.3. The van der Waals surface area contributed by atoms with Crippen molar-refractivity contribution in [2.24, 2.45) is 0 Å². The summed E-state index contributed by atoms with van der Waals surface area (Å²) >= 11 is 3.39. The number of hydrogen-bond donors (Lipinski definition) is 0. The second-order valence-corrected chi connectivity index (χ2v) is 9.37. The van der Waals surface area contributed by atoms with Crippen LogP contribution in [0.25, 0.3) is 10.2 Å². The van der Waals surface area contributed by atoms with Crippen LogP contribution in [0.15, 0.2) is 29.3 Å². The van der Waals surface area contributed by atoms with E-state index in [1.165, 1.54) is 34.2 Å². The predicted octanol–water partition coefficient (Wildman–Crippen LogP) is 5.55. The number of thioether (sulfide) groups is 1. The summed E-state index contributed by atoms with van der Waals surface area (Å²) in [5.41, 5.74) is 3.36. The van der Waals surface area contributed by atoms with Gasteiger partial charge < -0.3 is 0 Å². The molecule has 4 rings (SSSR count). The second kappa shape index (κ2) is 7.12. The van der Waals surface area contributed by atoms with Crippen LogP contribution in [0.5, 0.6) is 0 Å². The molecule has 0 amide bonds. The molecular weight excluding hydrogens is 360 g/mol. The first-order chi connectivity index (χ1) is 12.5. The fraction of sp³-hybridized carbons (Fsp3) is 0.381. The number of nitrogens with zero attached hydrogens (tertiary/aromatic N) is 2. The van der Waals surface area contributed by atoms with Gasteiger partial charge in [0, 0.05) is 15.8 Å². The molecule has 0 aliphatic heterocycles. The lowest BCUT2D eigenvalue weighted by atomic mass is 9.97. The van der Waals surface area contributed by atoms with E-state index in [2.05, 4.69) is 4.98 Å². The van der Waals surface area contributed by atoms with Gasteiger partial charge in [0.15, 0.2) is 5.78 Å². The average molecular weight is 383 g/mol. The van der Waals surface area contributed by atoms with Crippen LogP contribution in [-0.4, -0.2) is 21.0 Å². The van der Waals surface area contributed by atoms with E-state index in [1.807, 2.05) is 56.4 Å². The number of Topliss-reactive ketones (excluding diaryl/α,β-unsaturated/α-hetero) is 1. The molecule has 0 spiro atoms. The number of carbonyl (C=O) groups excluding carboxylic acids is 1. The highest BCUT2D eigenvalue weighted by Crippen LogP contribution is 2.40. The normalized spacial score (nSPS) is 15.0. The Hall–Kier alpha value is -1.72. The van der Waals surface area contributed by atoms with E-state index in [-0.39, 0.29) is 11.0 Å². The first kappa shape index (κ1) is 17.7. The van der Waals surface area contributed by atoms with Crippen LogP contribution in [0.1, 0.15) is 52.0 Å². The number of ketones is 1. The average Bonchev–Trinajstić information content (AvgIpc) is 2.99. The van der Waals surface area contributed by atoms with Gasteiger partial charge in [-0.1, -0.05) is 41.6 Å². The lowest BCUT2D eigenvalue weighted by Gasteiger charge is -2.14. The Labute approximate surface area is 162 Å². The topological polar surface area (TPSA) is 42.9 Å². The van der Waals surface area contributed by atoms with Gasteiger partial charge >= 0.3 is 0 Å². The Morgan fingerprint density at radius 2 is 1.85 bits per heavy atom. The van der Waals surface area contributed by atoms with E-state index < -0.39 is 0 Å². The van der Waals surface area contributed by atoms with Gasteiger partial charge in [-0.2, -0.15) is 0 Å². The Morgan fingerprint density at radius 1 is 1.12 bits per heavy atom. The maximum absolute atomic E-state index is 12.8. The van der Waals surface area contributed by atoms with Crippen LogP contribution < -0.4 is 0 Å². The minimum Gasteiger partial charge on any atom is -0.293 e. The minimum atomic E-state index is -0.172. The molecule has 0 saturated heterocycles. The van der Waals surface area contributed by atoms with Crippen molar-refractivity contribution in [3.8, 4) is 0 Å². The number of aryl methyl sites for hydroxylation is 4. The molecule has 3 aromatic rings. The summed E-state index contributed by atoms with van der Waals surface area (Å²) in [6, 6.07) is 7.82. The number of aromatic nitrogens is 2. The SMILES string of the molecule is Cc1ccc(C(=O)[C@H](C)Sc2nc(C)nc3sc4c(c23)CCCC4)cc1. The molecule has 3 nitrogen and oxygen atoms in total. The molecule has 26 heavy (non-hydrogen) atoms. The summed E-state index contributed by atoms with van der Waals surface area (Å²) in [6.45, 7) is 5.95. The lowest BCUT2D eigenvalue weighted by molar-refractivity contribution is 0.0994. The molecule has 0 fully saturated rings. The van der Waals surface area contributed by atoms with Crippen LogP contribution in [-0.2, 0) is 12.8 Å². The van der Waals surface area contributed by atoms with Gasteiger partial charge in [0.2, 0.25) is 0 Å². The molecule has 1 aromatic carbocycles. The van der Waals surface area contributed by atoms with Gasteiger partial charge in [-0.3, -0.25) is 4.79 Å². The molecule has 1 atom stereocenters. The van der Waals surface area contributed by atoms with E-state index in [1.54, 1.807) is 11.8 Å². The van der Waals surface area contributed by atoms with E-state index >= 15 is 0 Å². The zero-order valence-electron chi connectivity index (χ0n) is 15.3. The highest BCUT2D eigenvalue weighted by atomic mass is 32.2. The molecule has 0 unspecified atom stereocenters. The number of thiophene rings is 1. The van der Waals surface area contributed by atoms with Crippen molar-refractivity contribution in [3.05, 3.63) is 51.7 Å². The van der Waals surface area contributed by atoms with Crippen LogP contribution in [0.3, 0.4) is 0 Å². The number of hydrogen-bond acceptors (Lipinski definition) is 5. The lowest BCUT2D eigenvalue weighted by Crippen LogP contribution is -2.14. The molecule has 2 aromatic heterocycles. The fourth-order valence-electron chi connectivity index (χ4n) is 3.48. The van der Waals surface area contributed by atoms with Gasteiger partial charge in [0.25, 0.3) is 0 Å². The maximum Gasteiger partial charge on any atom is 0.175 e. The Balaban J connectivity index is 1.69. The molecule has 1 aliphatic rings. The largest absolute Gasteiger partial charge is 0.293 e. The molecule has 0 bridgehead atoms. The molecule has 5 heteroatoms. The summed E-state index contributed by atoms with van der Waals surface area (Å²) in [6.07, 6.45) is 4.75. The highest BCUT2D eigenvalue weighted by Gasteiger charge is 2.24. The van der Waals surface area contributed by atoms with Crippen molar-refractivity contribution in [3.63, 3.8) is 0 Å². The summed E-state index contributed by atoms with van der Waals surface area (Å²) < 4.78 is 0. The highest BCUT2D eigenvalue weighted by molar-refractivity contribution is 8.00. The molecule has 0 N–H and O–H groups in total. The Bertz CT molecular complexity index is 976. The number of fused-ring (bicyclic) bond motifs is 3. The molecule has 2 heterocycles. The maximum atomic E-state index is 12.8. The third kappa shape index (κ3) is 3.30. The van der Waals surface area contributed by atoms with E-state index in [4.69, 9.17) is 4.98 Å². The zero-order valence-corrected chi connectivity index (χ0v) is 17.0. The number of rotatable bonds is 4. The van der Waals surface area contributed by atoms with Crippen LogP contribution in [0.4, 0.5) is 0 Å². The predicted molar refractivity (Wildman–Crippen MR) is 110 cm³/mol. The first-order valence-electron chi connectivity index (χ1n) is 9.09. The summed E-state index contributed by atoms with van der Waals surface area (Å²) in [5, 5.41) is 2.00. The van der Waals surface area contributed by atoms with Crippen LogP contribution in [0, 0.1) is 13.8 Å². The van der Waals surface area contributed by atoms with E-state index in [9.17, 15) is 4.79 Å². The molecule has 1 aliphatic carbocycles. The van der Waals surface area contributed by atoms with Gasteiger partial charge in [0.1, 0.15) is 15.7 Å². The summed E-state index contributed by atoms with van der Waals surface area (Å²) in [7, 11) is 0. The van der Waals surface area contributed by atoms with Gasteiger partial charge in [0.05, 0.1) is 5.25 Å². The van der Waals surface area contributed by atoms with Crippen molar-refractivity contribution < 1.29 is 4.79 Å². The van der Waals surface area contributed by atoms with Crippen molar-refractivity contribution in [2.75, 3.05) is 0 Å². The summed E-state index contributed by atoms with van der Waals surface area (Å²) in [5.74, 6) is 0.942. The molecule has 0 radical (unpaired) electrons. The van der Waals surface area contributed by atoms with Crippen molar-refractivity contribution in [1.82, 2.24) is 9.97 Å². The third-order valence-electron chi connectivity index (χ3n) is 4.89. The Morgan fingerprint density at radius 3 is 2.62 bits per heavy atom. The van der Waals surface area contributed by atoms with Gasteiger partial charge in [-0.15, -0.1) is 11.3 Å². The molecule has 0 saturated carbocycles. The Kier molecular flexibility index (Phi) is 4.84. The van der Waals surface area contributed by atoms with E-state index in [0.717, 1.165) is 34.1 Å². The number of carbonyl (C=O) groups is 1. The standard InChI is InChI=1S/C21H22N2OS2/c1-12-8-10-15(11-9-12)19(24)13(2)25-20-18-16-6-4-5-7-17(16)26-21(18)23-14(3)22-20/h8-11,13H,4-7H2,1-3H3/t13-/m0/s1. The fourth-order valence-corrected chi connectivity index (χ4v) is 5.96. The minimum absolute atomic E-state index is 0.156. The first-order valence-corrected chi connectivity index (χ1v) is 10.8. The van der Waals surface area contributed by atoms with Gasteiger partial charge in [-0.25, -0.2) is 9.97 Å². The quantitative estimate of drug-likeness (QED) is 0.337.